The maximum Gasteiger partial charge on any atom is 0.248 e. The number of hydrogen-bond donors (Lipinski definition) is 0. The molecule has 0 radical (unpaired) electrons. The predicted molar refractivity (Wildman–Crippen MR) is 109 cm³/mol. The molecule has 0 amide bonds. The van der Waals surface area contributed by atoms with Crippen molar-refractivity contribution in [2.24, 2.45) is 0 Å². The molecular formula is C20H20ClN3O4S. The summed E-state index contributed by atoms with van der Waals surface area (Å²) in [5.41, 5.74) is 1.23. The Kier molecular flexibility index (Phi) is 5.58. The number of ether oxygens (including phenoxy) is 1. The first-order chi connectivity index (χ1) is 14.0. The molecule has 2 aromatic carbocycles. The number of aromatic nitrogens is 2. The van der Waals surface area contributed by atoms with E-state index in [-0.39, 0.29) is 15.8 Å². The second kappa shape index (κ2) is 8.14. The second-order valence-electron chi connectivity index (χ2n) is 6.75. The third kappa shape index (κ3) is 4.01. The Morgan fingerprint density at radius 3 is 2.24 bits per heavy atom. The van der Waals surface area contributed by atoms with Crippen LogP contribution in [-0.4, -0.2) is 43.1 Å². The van der Waals surface area contributed by atoms with Crippen molar-refractivity contribution < 1.29 is 17.6 Å². The van der Waals surface area contributed by atoms with Gasteiger partial charge in [-0.25, -0.2) is 8.42 Å². The van der Waals surface area contributed by atoms with Crippen LogP contribution in [0.5, 0.6) is 5.75 Å². The van der Waals surface area contributed by atoms with Gasteiger partial charge >= 0.3 is 0 Å². The fraction of sp³-hybridized carbons (Fsp3) is 0.300. The molecule has 1 saturated heterocycles. The summed E-state index contributed by atoms with van der Waals surface area (Å²) in [6, 6.07) is 11.9. The number of methoxy groups -OCH3 is 1. The van der Waals surface area contributed by atoms with E-state index in [1.54, 1.807) is 31.4 Å². The standard InChI is InChI=1S/C20H20ClN3O4S/c1-27-16-8-5-14(6-9-16)19-22-23-20(28-19)15-7-10-17(21)18(13-15)29(25,26)24-11-3-2-4-12-24/h5-10,13H,2-4,11-12H2,1H3. The third-order valence-electron chi connectivity index (χ3n) is 4.87. The van der Waals surface area contributed by atoms with Crippen molar-refractivity contribution in [3.8, 4) is 28.7 Å². The Balaban J connectivity index is 1.66. The molecule has 9 heteroatoms. The number of sulfonamides is 1. The van der Waals surface area contributed by atoms with Crippen LogP contribution in [0.1, 0.15) is 19.3 Å². The van der Waals surface area contributed by atoms with Crippen LogP contribution in [0.15, 0.2) is 51.8 Å². The quantitative estimate of drug-likeness (QED) is 0.598. The number of rotatable bonds is 5. The van der Waals surface area contributed by atoms with Gasteiger partial charge in [0.25, 0.3) is 0 Å². The molecule has 2 heterocycles. The van der Waals surface area contributed by atoms with E-state index in [1.165, 1.54) is 10.4 Å². The molecule has 1 aliphatic rings. The summed E-state index contributed by atoms with van der Waals surface area (Å²) >= 11 is 6.23. The SMILES string of the molecule is COc1ccc(-c2nnc(-c3ccc(Cl)c(S(=O)(=O)N4CCCCC4)c3)o2)cc1. The van der Waals surface area contributed by atoms with Crippen molar-refractivity contribution in [1.82, 2.24) is 14.5 Å². The van der Waals surface area contributed by atoms with Crippen molar-refractivity contribution in [3.63, 3.8) is 0 Å². The maximum absolute atomic E-state index is 13.0. The van der Waals surface area contributed by atoms with Crippen LogP contribution in [0.4, 0.5) is 0 Å². The summed E-state index contributed by atoms with van der Waals surface area (Å²) in [7, 11) is -2.09. The number of piperidine rings is 1. The molecule has 0 spiro atoms. The first kappa shape index (κ1) is 19.9. The van der Waals surface area contributed by atoms with E-state index in [0.29, 0.717) is 24.5 Å². The van der Waals surface area contributed by atoms with E-state index >= 15 is 0 Å². The number of benzene rings is 2. The van der Waals surface area contributed by atoms with Crippen LogP contribution in [0.2, 0.25) is 5.02 Å². The van der Waals surface area contributed by atoms with E-state index in [4.69, 9.17) is 20.8 Å². The largest absolute Gasteiger partial charge is 0.497 e. The zero-order valence-corrected chi connectivity index (χ0v) is 17.4. The van der Waals surface area contributed by atoms with Crippen LogP contribution < -0.4 is 4.74 Å². The first-order valence-corrected chi connectivity index (χ1v) is 11.1. The summed E-state index contributed by atoms with van der Waals surface area (Å²) in [6.45, 7) is 1.01. The van der Waals surface area contributed by atoms with Gasteiger partial charge in [-0.1, -0.05) is 18.0 Å². The highest BCUT2D eigenvalue weighted by molar-refractivity contribution is 7.89. The summed E-state index contributed by atoms with van der Waals surface area (Å²) in [6.07, 6.45) is 2.74. The summed E-state index contributed by atoms with van der Waals surface area (Å²) in [4.78, 5) is 0.0581. The Bertz CT molecular complexity index is 1110. The second-order valence-corrected chi connectivity index (χ2v) is 9.06. The van der Waals surface area contributed by atoms with Crippen LogP contribution in [0.25, 0.3) is 22.9 Å². The van der Waals surface area contributed by atoms with E-state index in [9.17, 15) is 8.42 Å². The monoisotopic (exact) mass is 433 g/mol. The van der Waals surface area contributed by atoms with Crippen molar-refractivity contribution in [2.75, 3.05) is 20.2 Å². The van der Waals surface area contributed by atoms with Crippen molar-refractivity contribution in [3.05, 3.63) is 47.5 Å². The molecule has 0 aliphatic carbocycles. The summed E-state index contributed by atoms with van der Waals surface area (Å²) < 4.78 is 38.5. The molecule has 0 N–H and O–H groups in total. The van der Waals surface area contributed by atoms with Gasteiger partial charge in [0.2, 0.25) is 21.8 Å². The lowest BCUT2D eigenvalue weighted by molar-refractivity contribution is 0.346. The number of halogens is 1. The van der Waals surface area contributed by atoms with Gasteiger partial charge in [-0.15, -0.1) is 10.2 Å². The minimum absolute atomic E-state index is 0.0581. The molecule has 1 aromatic heterocycles. The molecule has 152 valence electrons. The lowest BCUT2D eigenvalue weighted by Crippen LogP contribution is -2.35. The van der Waals surface area contributed by atoms with Gasteiger partial charge in [0, 0.05) is 24.2 Å². The fourth-order valence-corrected chi connectivity index (χ4v) is 5.29. The Hall–Kier alpha value is -2.42. The molecule has 0 saturated carbocycles. The average Bonchev–Trinajstić information content (AvgIpc) is 3.25. The molecule has 3 aromatic rings. The normalized spacial score (nSPS) is 15.4. The van der Waals surface area contributed by atoms with Crippen molar-refractivity contribution in [2.45, 2.75) is 24.2 Å². The van der Waals surface area contributed by atoms with Crippen LogP contribution >= 0.6 is 11.6 Å². The van der Waals surface area contributed by atoms with Gasteiger partial charge < -0.3 is 9.15 Å². The van der Waals surface area contributed by atoms with Gasteiger partial charge in [-0.3, -0.25) is 0 Å². The van der Waals surface area contributed by atoms with Crippen LogP contribution in [-0.2, 0) is 10.0 Å². The topological polar surface area (TPSA) is 85.5 Å². The molecule has 29 heavy (non-hydrogen) atoms. The first-order valence-electron chi connectivity index (χ1n) is 9.27. The molecule has 0 atom stereocenters. The molecule has 4 rings (SSSR count). The fourth-order valence-electron chi connectivity index (χ4n) is 3.27. The summed E-state index contributed by atoms with van der Waals surface area (Å²) in [5, 5.41) is 8.32. The Labute approximate surface area is 174 Å². The minimum atomic E-state index is -3.68. The number of hydrogen-bond acceptors (Lipinski definition) is 6. The van der Waals surface area contributed by atoms with Crippen LogP contribution in [0, 0.1) is 0 Å². The van der Waals surface area contributed by atoms with E-state index in [1.807, 2.05) is 12.1 Å². The van der Waals surface area contributed by atoms with Crippen molar-refractivity contribution in [1.29, 1.82) is 0 Å². The van der Waals surface area contributed by atoms with Gasteiger partial charge in [0.1, 0.15) is 10.6 Å². The molecule has 1 aliphatic heterocycles. The number of nitrogens with zero attached hydrogens (tertiary/aromatic N) is 3. The highest BCUT2D eigenvalue weighted by atomic mass is 35.5. The van der Waals surface area contributed by atoms with Gasteiger partial charge in [-0.2, -0.15) is 4.31 Å². The predicted octanol–water partition coefficient (Wildman–Crippen LogP) is 4.24. The molecular weight excluding hydrogens is 414 g/mol. The summed E-state index contributed by atoms with van der Waals surface area (Å²) in [5.74, 6) is 1.28. The lowest BCUT2D eigenvalue weighted by atomic mass is 10.2. The molecule has 0 bridgehead atoms. The molecule has 1 fully saturated rings. The third-order valence-corrected chi connectivity index (χ3v) is 7.25. The minimum Gasteiger partial charge on any atom is -0.497 e. The molecule has 0 unspecified atom stereocenters. The van der Waals surface area contributed by atoms with E-state index in [2.05, 4.69) is 10.2 Å². The average molecular weight is 434 g/mol. The van der Waals surface area contributed by atoms with Gasteiger partial charge in [0.05, 0.1) is 12.1 Å². The van der Waals surface area contributed by atoms with Crippen molar-refractivity contribution >= 4 is 21.6 Å². The van der Waals surface area contributed by atoms with E-state index < -0.39 is 10.0 Å². The highest BCUT2D eigenvalue weighted by Gasteiger charge is 2.28. The van der Waals surface area contributed by atoms with E-state index in [0.717, 1.165) is 30.6 Å². The maximum atomic E-state index is 13.0. The zero-order chi connectivity index (χ0) is 20.4. The highest BCUT2D eigenvalue weighted by Crippen LogP contribution is 2.32. The Morgan fingerprint density at radius 1 is 0.966 bits per heavy atom. The lowest BCUT2D eigenvalue weighted by Gasteiger charge is -2.26. The van der Waals surface area contributed by atoms with Gasteiger partial charge in [0.15, 0.2) is 0 Å². The Morgan fingerprint density at radius 2 is 1.59 bits per heavy atom. The van der Waals surface area contributed by atoms with Gasteiger partial charge in [-0.05, 0) is 55.3 Å². The zero-order valence-electron chi connectivity index (χ0n) is 15.8. The van der Waals surface area contributed by atoms with Crippen LogP contribution in [0.3, 0.4) is 0 Å². The molecule has 7 nitrogen and oxygen atoms in total. The smallest absolute Gasteiger partial charge is 0.248 e.